The molecule has 2 heterocycles. The summed E-state index contributed by atoms with van der Waals surface area (Å²) in [6.07, 6.45) is 0. The fourth-order valence-corrected chi connectivity index (χ4v) is 2.97. The van der Waals surface area contributed by atoms with Gasteiger partial charge in [-0.05, 0) is 20.9 Å². The van der Waals surface area contributed by atoms with E-state index in [-0.39, 0.29) is 0 Å². The van der Waals surface area contributed by atoms with Crippen LogP contribution in [-0.2, 0) is 12.9 Å². The molecule has 5 heteroatoms. The number of hydrogen-bond donors (Lipinski definition) is 0. The largest absolute Gasteiger partial charge is 0.351 e. The number of likely N-dealkylation sites (N-methyl/N-ethyl adjacent to an activating group) is 1. The van der Waals surface area contributed by atoms with Crippen LogP contribution in [0.3, 0.4) is 0 Å². The Labute approximate surface area is 108 Å². The van der Waals surface area contributed by atoms with Crippen LogP contribution >= 0.6 is 11.6 Å². The second kappa shape index (κ2) is 4.86. The molecule has 1 fully saturated rings. The first-order valence-electron chi connectivity index (χ1n) is 6.08. The molecule has 0 spiro atoms. The molecule has 0 aliphatic carbocycles. The maximum absolute atomic E-state index is 6.06. The van der Waals surface area contributed by atoms with Gasteiger partial charge in [-0.25, -0.2) is 0 Å². The minimum Gasteiger partial charge on any atom is -0.351 e. The van der Waals surface area contributed by atoms with E-state index in [4.69, 9.17) is 11.6 Å². The molecule has 1 aromatic heterocycles. The predicted octanol–water partition coefficient (Wildman–Crippen LogP) is 1.61. The maximum Gasteiger partial charge on any atom is 0.131 e. The van der Waals surface area contributed by atoms with Crippen molar-refractivity contribution in [2.24, 2.45) is 7.05 Å². The van der Waals surface area contributed by atoms with Gasteiger partial charge >= 0.3 is 0 Å². The molecule has 0 amide bonds. The molecular weight excluding hydrogens is 236 g/mol. The highest BCUT2D eigenvalue weighted by Gasteiger charge is 2.26. The third-order valence-electron chi connectivity index (χ3n) is 3.55. The molecule has 1 unspecified atom stereocenters. The van der Waals surface area contributed by atoms with Gasteiger partial charge in [0.25, 0.3) is 0 Å². The van der Waals surface area contributed by atoms with Gasteiger partial charge in [0.2, 0.25) is 0 Å². The highest BCUT2D eigenvalue weighted by Crippen LogP contribution is 2.27. The summed E-state index contributed by atoms with van der Waals surface area (Å²) in [4.78, 5) is 4.79. The van der Waals surface area contributed by atoms with Crippen LogP contribution in [0.4, 0.5) is 5.82 Å². The number of nitrogens with zero attached hydrogens (tertiary/aromatic N) is 4. The summed E-state index contributed by atoms with van der Waals surface area (Å²) in [7, 11) is 4.17. The van der Waals surface area contributed by atoms with Crippen LogP contribution in [0.25, 0.3) is 0 Å². The molecule has 2 rings (SSSR count). The lowest BCUT2D eigenvalue weighted by Crippen LogP contribution is -2.51. The van der Waals surface area contributed by atoms with E-state index in [2.05, 4.69) is 28.9 Å². The van der Waals surface area contributed by atoms with Gasteiger partial charge in [0, 0.05) is 38.3 Å². The monoisotopic (exact) mass is 256 g/mol. The standard InChI is InChI=1S/C12H21ClN4/c1-9-8-15(3)5-6-17(9)12-11(7-13)10(2)14-16(12)4/h9H,5-8H2,1-4H3. The van der Waals surface area contributed by atoms with Crippen LogP contribution in [0, 0.1) is 6.92 Å². The second-order valence-electron chi connectivity index (χ2n) is 4.95. The first-order valence-corrected chi connectivity index (χ1v) is 6.61. The quantitative estimate of drug-likeness (QED) is 0.752. The average molecular weight is 257 g/mol. The van der Waals surface area contributed by atoms with Gasteiger partial charge in [-0.15, -0.1) is 11.6 Å². The molecular formula is C12H21ClN4. The fraction of sp³-hybridized carbons (Fsp3) is 0.750. The molecule has 0 saturated carbocycles. The van der Waals surface area contributed by atoms with Crippen molar-refractivity contribution >= 4 is 17.4 Å². The lowest BCUT2D eigenvalue weighted by molar-refractivity contribution is 0.273. The smallest absolute Gasteiger partial charge is 0.131 e. The molecule has 1 aromatic rings. The number of alkyl halides is 1. The van der Waals surface area contributed by atoms with Crippen molar-refractivity contribution < 1.29 is 0 Å². The Bertz CT molecular complexity index is 401. The van der Waals surface area contributed by atoms with Gasteiger partial charge < -0.3 is 9.80 Å². The van der Waals surface area contributed by atoms with Gasteiger partial charge in [-0.2, -0.15) is 5.10 Å². The molecule has 1 aliphatic heterocycles. The Morgan fingerprint density at radius 1 is 1.35 bits per heavy atom. The van der Waals surface area contributed by atoms with Crippen molar-refractivity contribution in [3.63, 3.8) is 0 Å². The van der Waals surface area contributed by atoms with Crippen LogP contribution in [0.15, 0.2) is 0 Å². The third-order valence-corrected chi connectivity index (χ3v) is 3.82. The van der Waals surface area contributed by atoms with Crippen LogP contribution < -0.4 is 4.90 Å². The second-order valence-corrected chi connectivity index (χ2v) is 5.22. The van der Waals surface area contributed by atoms with Crippen molar-refractivity contribution in [3.8, 4) is 0 Å². The Kier molecular flexibility index (Phi) is 3.64. The normalized spacial score (nSPS) is 22.2. The highest BCUT2D eigenvalue weighted by atomic mass is 35.5. The van der Waals surface area contributed by atoms with Gasteiger partial charge in [0.1, 0.15) is 5.82 Å². The first-order chi connectivity index (χ1) is 8.04. The van der Waals surface area contributed by atoms with Crippen molar-refractivity contribution in [2.75, 3.05) is 31.6 Å². The molecule has 0 N–H and O–H groups in total. The van der Waals surface area contributed by atoms with E-state index in [1.165, 1.54) is 11.4 Å². The van der Waals surface area contributed by atoms with E-state index in [1.807, 2.05) is 18.7 Å². The number of piperazine rings is 1. The first kappa shape index (κ1) is 12.7. The maximum atomic E-state index is 6.06. The van der Waals surface area contributed by atoms with Gasteiger partial charge in [0.05, 0.1) is 11.6 Å². The molecule has 96 valence electrons. The summed E-state index contributed by atoms with van der Waals surface area (Å²) in [5, 5.41) is 4.49. The zero-order valence-corrected chi connectivity index (χ0v) is 11.8. The Balaban J connectivity index is 2.33. The molecule has 1 saturated heterocycles. The van der Waals surface area contributed by atoms with E-state index in [1.54, 1.807) is 0 Å². The lowest BCUT2D eigenvalue weighted by Gasteiger charge is -2.39. The van der Waals surface area contributed by atoms with Gasteiger partial charge in [-0.1, -0.05) is 0 Å². The number of rotatable bonds is 2. The zero-order valence-electron chi connectivity index (χ0n) is 11.1. The summed E-state index contributed by atoms with van der Waals surface area (Å²) >= 11 is 6.06. The summed E-state index contributed by atoms with van der Waals surface area (Å²) < 4.78 is 1.97. The van der Waals surface area contributed by atoms with Crippen LogP contribution in [-0.4, -0.2) is 47.4 Å². The fourth-order valence-electron chi connectivity index (χ4n) is 2.66. The van der Waals surface area contributed by atoms with Crippen molar-refractivity contribution in [1.29, 1.82) is 0 Å². The molecule has 0 aromatic carbocycles. The molecule has 17 heavy (non-hydrogen) atoms. The number of halogens is 1. The Morgan fingerprint density at radius 3 is 2.65 bits per heavy atom. The summed E-state index contributed by atoms with van der Waals surface area (Å²) in [5.74, 6) is 1.73. The van der Waals surface area contributed by atoms with E-state index < -0.39 is 0 Å². The van der Waals surface area contributed by atoms with Crippen LogP contribution in [0.2, 0.25) is 0 Å². The van der Waals surface area contributed by atoms with Gasteiger partial charge in [-0.3, -0.25) is 4.68 Å². The summed E-state index contributed by atoms with van der Waals surface area (Å²) in [6, 6.07) is 0.505. The van der Waals surface area contributed by atoms with E-state index >= 15 is 0 Å². The lowest BCUT2D eigenvalue weighted by atomic mass is 10.1. The van der Waals surface area contributed by atoms with Gasteiger partial charge in [0.15, 0.2) is 0 Å². The van der Waals surface area contributed by atoms with Crippen molar-refractivity contribution in [3.05, 3.63) is 11.3 Å². The van der Waals surface area contributed by atoms with E-state index in [0.717, 1.165) is 25.3 Å². The van der Waals surface area contributed by atoms with Crippen molar-refractivity contribution in [1.82, 2.24) is 14.7 Å². The van der Waals surface area contributed by atoms with E-state index in [9.17, 15) is 0 Å². The summed E-state index contributed by atoms with van der Waals surface area (Å²) in [5.41, 5.74) is 2.22. The number of hydrogen-bond acceptors (Lipinski definition) is 3. The molecule has 1 atom stereocenters. The molecule has 0 bridgehead atoms. The number of anilines is 1. The summed E-state index contributed by atoms with van der Waals surface area (Å²) in [6.45, 7) is 7.51. The Morgan fingerprint density at radius 2 is 2.06 bits per heavy atom. The molecule has 4 nitrogen and oxygen atoms in total. The minimum absolute atomic E-state index is 0.505. The Hall–Kier alpha value is -0.740. The number of aromatic nitrogens is 2. The minimum atomic E-state index is 0.505. The highest BCUT2D eigenvalue weighted by molar-refractivity contribution is 6.17. The zero-order chi connectivity index (χ0) is 12.6. The SMILES string of the molecule is Cc1nn(C)c(N2CCN(C)CC2C)c1CCl. The van der Waals surface area contributed by atoms with E-state index in [0.29, 0.717) is 11.9 Å². The topological polar surface area (TPSA) is 24.3 Å². The molecule has 0 radical (unpaired) electrons. The van der Waals surface area contributed by atoms with Crippen LogP contribution in [0.5, 0.6) is 0 Å². The molecule has 1 aliphatic rings. The van der Waals surface area contributed by atoms with Crippen molar-refractivity contribution in [2.45, 2.75) is 25.8 Å². The average Bonchev–Trinajstić information content (AvgIpc) is 2.53. The predicted molar refractivity (Wildman–Crippen MR) is 71.8 cm³/mol. The van der Waals surface area contributed by atoms with Crippen LogP contribution in [0.1, 0.15) is 18.2 Å². The third kappa shape index (κ3) is 2.29. The number of aryl methyl sites for hydroxylation is 2.